The molecule has 0 aliphatic carbocycles. The minimum absolute atomic E-state index is 0.0418. The molecule has 1 aromatic carbocycles. The van der Waals surface area contributed by atoms with Crippen LogP contribution in [0.4, 0.5) is 5.69 Å². The molecular weight excluding hydrogens is 416 g/mol. The van der Waals surface area contributed by atoms with Gasteiger partial charge in [-0.2, -0.15) is 0 Å². The van der Waals surface area contributed by atoms with E-state index in [-0.39, 0.29) is 17.7 Å². The summed E-state index contributed by atoms with van der Waals surface area (Å²) in [5, 5.41) is 14.2. The number of hydrogen-bond acceptors (Lipinski definition) is 5. The topological polar surface area (TPSA) is 135 Å². The normalized spacial score (nSPS) is 15.9. The highest BCUT2D eigenvalue weighted by molar-refractivity contribution is 6.07. The highest BCUT2D eigenvalue weighted by Gasteiger charge is 2.20. The Morgan fingerprint density at radius 3 is 2.76 bits per heavy atom. The number of likely N-dealkylation sites (tertiary alicyclic amines) is 1. The molecule has 0 atom stereocenters. The lowest BCUT2D eigenvalue weighted by molar-refractivity contribution is -0.122. The molecule has 0 unspecified atom stereocenters. The third-order valence-electron chi connectivity index (χ3n) is 5.79. The van der Waals surface area contributed by atoms with Crippen LogP contribution in [0.2, 0.25) is 0 Å². The summed E-state index contributed by atoms with van der Waals surface area (Å²) in [6, 6.07) is 9.78. The molecule has 2 aromatic rings. The van der Waals surface area contributed by atoms with Gasteiger partial charge in [0, 0.05) is 30.3 Å². The number of hydrogen-bond donors (Lipinski definition) is 5. The van der Waals surface area contributed by atoms with E-state index in [4.69, 9.17) is 16.1 Å². The van der Waals surface area contributed by atoms with Crippen molar-refractivity contribution < 1.29 is 4.79 Å². The maximum atomic E-state index is 11.9. The van der Waals surface area contributed by atoms with Gasteiger partial charge in [-0.25, -0.2) is 9.98 Å². The molecule has 1 aromatic heterocycles. The lowest BCUT2D eigenvalue weighted by Gasteiger charge is -2.31. The number of rotatable bonds is 7. The minimum atomic E-state index is -0.202. The van der Waals surface area contributed by atoms with Gasteiger partial charge in [-0.3, -0.25) is 15.1 Å². The maximum Gasteiger partial charge on any atom is 0.228 e. The predicted octanol–water partition coefficient (Wildman–Crippen LogP) is 2.36. The van der Waals surface area contributed by atoms with Gasteiger partial charge in [-0.05, 0) is 56.7 Å². The van der Waals surface area contributed by atoms with Crippen LogP contribution in [-0.2, 0) is 11.3 Å². The molecule has 9 heteroatoms. The van der Waals surface area contributed by atoms with Crippen molar-refractivity contribution in [3.63, 3.8) is 0 Å². The van der Waals surface area contributed by atoms with Crippen LogP contribution in [0.3, 0.4) is 0 Å². The van der Waals surface area contributed by atoms with Crippen LogP contribution in [-0.4, -0.2) is 60.0 Å². The zero-order valence-electron chi connectivity index (χ0n) is 19.6. The summed E-state index contributed by atoms with van der Waals surface area (Å²) in [5.41, 5.74) is 8.74. The van der Waals surface area contributed by atoms with Crippen molar-refractivity contribution in [1.82, 2.24) is 20.5 Å². The monoisotopic (exact) mass is 450 g/mol. The molecule has 1 aliphatic heterocycles. The number of amidine groups is 2. The molecule has 1 fully saturated rings. The van der Waals surface area contributed by atoms with Crippen molar-refractivity contribution in [1.29, 1.82) is 5.41 Å². The van der Waals surface area contributed by atoms with Gasteiger partial charge in [0.05, 0.1) is 17.7 Å². The summed E-state index contributed by atoms with van der Waals surface area (Å²) in [7, 11) is 2.02. The number of piperidine rings is 1. The average molecular weight is 451 g/mol. The molecule has 0 saturated carbocycles. The first kappa shape index (κ1) is 24.3. The molecule has 6 N–H and O–H groups in total. The Morgan fingerprint density at radius 2 is 2.09 bits per heavy atom. The van der Waals surface area contributed by atoms with Crippen LogP contribution in [0, 0.1) is 11.3 Å². The van der Waals surface area contributed by atoms with Gasteiger partial charge in [-0.1, -0.05) is 26.0 Å². The van der Waals surface area contributed by atoms with Crippen molar-refractivity contribution in [2.75, 3.05) is 20.1 Å². The maximum absolute atomic E-state index is 11.9. The number of carbonyl (C=O) groups excluding carboxylic acids is 1. The zero-order valence-corrected chi connectivity index (χ0v) is 19.6. The fourth-order valence-corrected chi connectivity index (χ4v) is 3.78. The smallest absolute Gasteiger partial charge is 0.228 e. The third kappa shape index (κ3) is 6.59. The van der Waals surface area contributed by atoms with Crippen molar-refractivity contribution >= 4 is 29.6 Å². The Kier molecular flexibility index (Phi) is 8.51. The van der Waals surface area contributed by atoms with Crippen LogP contribution in [0.15, 0.2) is 46.5 Å². The van der Waals surface area contributed by atoms with Crippen LogP contribution in [0.1, 0.15) is 43.5 Å². The minimum Gasteiger partial charge on any atom is -0.390 e. The lowest BCUT2D eigenvalue weighted by Crippen LogP contribution is -2.40. The molecule has 176 valence electrons. The summed E-state index contributed by atoms with van der Waals surface area (Å²) in [6.45, 7) is 6.46. The number of aromatic amines is 1. The number of amides is 1. The SMILES string of the molecule is CNC1CCN(Cc2cc[nH]c2C(N=CN)=Nc2cccc(C(=N)NC(=O)C(C)C)c2)CC1. The van der Waals surface area contributed by atoms with E-state index >= 15 is 0 Å². The highest BCUT2D eigenvalue weighted by atomic mass is 16.1. The lowest BCUT2D eigenvalue weighted by atomic mass is 10.0. The van der Waals surface area contributed by atoms with E-state index in [1.807, 2.05) is 19.3 Å². The molecule has 33 heavy (non-hydrogen) atoms. The van der Waals surface area contributed by atoms with E-state index in [1.54, 1.807) is 32.0 Å². The predicted molar refractivity (Wildman–Crippen MR) is 133 cm³/mol. The van der Waals surface area contributed by atoms with Gasteiger partial charge in [0.2, 0.25) is 5.91 Å². The Labute approximate surface area is 195 Å². The molecule has 0 radical (unpaired) electrons. The summed E-state index contributed by atoms with van der Waals surface area (Å²) in [6.07, 6.45) is 5.38. The van der Waals surface area contributed by atoms with Gasteiger partial charge < -0.3 is 21.4 Å². The first-order valence-electron chi connectivity index (χ1n) is 11.3. The molecule has 2 heterocycles. The summed E-state index contributed by atoms with van der Waals surface area (Å²) in [4.78, 5) is 26.6. The number of H-pyrrole nitrogens is 1. The van der Waals surface area contributed by atoms with Crippen LogP contribution < -0.4 is 16.4 Å². The largest absolute Gasteiger partial charge is 0.390 e. The van der Waals surface area contributed by atoms with Crippen molar-refractivity contribution in [2.24, 2.45) is 21.6 Å². The summed E-state index contributed by atoms with van der Waals surface area (Å²) in [5.74, 6) is 0.113. The average Bonchev–Trinajstić information content (AvgIpc) is 3.27. The fraction of sp³-hybridized carbons (Fsp3) is 0.417. The van der Waals surface area contributed by atoms with Gasteiger partial charge >= 0.3 is 0 Å². The first-order valence-corrected chi connectivity index (χ1v) is 11.3. The molecule has 0 bridgehead atoms. The number of nitrogens with two attached hydrogens (primary N) is 1. The summed E-state index contributed by atoms with van der Waals surface area (Å²) >= 11 is 0. The van der Waals surface area contributed by atoms with E-state index < -0.39 is 0 Å². The van der Waals surface area contributed by atoms with E-state index in [0.717, 1.165) is 43.7 Å². The molecule has 0 spiro atoms. The number of nitrogens with one attached hydrogen (secondary N) is 4. The van der Waals surface area contributed by atoms with Crippen molar-refractivity contribution in [3.8, 4) is 0 Å². The molecule has 1 aliphatic rings. The van der Waals surface area contributed by atoms with Crippen LogP contribution in [0.5, 0.6) is 0 Å². The molecule has 1 amide bonds. The molecule has 1 saturated heterocycles. The molecular formula is C24H34N8O. The Hall–Kier alpha value is -3.30. The third-order valence-corrected chi connectivity index (χ3v) is 5.79. The first-order chi connectivity index (χ1) is 15.9. The fourth-order valence-electron chi connectivity index (χ4n) is 3.78. The summed E-state index contributed by atoms with van der Waals surface area (Å²) < 4.78 is 0. The number of aromatic nitrogens is 1. The van der Waals surface area contributed by atoms with Crippen molar-refractivity contribution in [2.45, 2.75) is 39.3 Å². The second-order valence-electron chi connectivity index (χ2n) is 8.50. The quantitative estimate of drug-likeness (QED) is 0.327. The van der Waals surface area contributed by atoms with Crippen LogP contribution >= 0.6 is 0 Å². The van der Waals surface area contributed by atoms with Gasteiger partial charge in [0.25, 0.3) is 0 Å². The Balaban J connectivity index is 1.80. The zero-order chi connectivity index (χ0) is 23.8. The number of carbonyl (C=O) groups is 1. The number of aliphatic imine (C=N–C) groups is 2. The molecule has 3 rings (SSSR count). The number of nitrogens with zero attached hydrogens (tertiary/aromatic N) is 3. The second kappa shape index (κ2) is 11.5. The van der Waals surface area contributed by atoms with Crippen LogP contribution in [0.25, 0.3) is 0 Å². The van der Waals surface area contributed by atoms with Gasteiger partial charge in [-0.15, -0.1) is 0 Å². The highest BCUT2D eigenvalue weighted by Crippen LogP contribution is 2.20. The number of benzene rings is 1. The molecule has 9 nitrogen and oxygen atoms in total. The Morgan fingerprint density at radius 1 is 1.33 bits per heavy atom. The Bertz CT molecular complexity index is 1010. The van der Waals surface area contributed by atoms with Gasteiger partial charge in [0.1, 0.15) is 5.84 Å². The van der Waals surface area contributed by atoms with E-state index in [2.05, 4.69) is 31.6 Å². The van der Waals surface area contributed by atoms with E-state index in [1.165, 1.54) is 6.34 Å². The van der Waals surface area contributed by atoms with E-state index in [9.17, 15) is 4.79 Å². The van der Waals surface area contributed by atoms with Crippen molar-refractivity contribution in [3.05, 3.63) is 53.3 Å². The standard InChI is InChI=1S/C24H34N8O/c1-16(2)24(33)31-22(26)17-5-4-6-20(13-17)30-23(29-15-25)21-18(7-10-28-21)14-32-11-8-19(27-3)9-12-32/h4-7,10,13,15-16,19,27-28H,8-9,11-12,14H2,1-3H3,(H2,25,29,30)(H2,26,31,33). The van der Waals surface area contributed by atoms with Gasteiger partial charge in [0.15, 0.2) is 5.84 Å². The second-order valence-corrected chi connectivity index (χ2v) is 8.50. The van der Waals surface area contributed by atoms with E-state index in [0.29, 0.717) is 23.1 Å².